The molecule has 1 atom stereocenters. The first kappa shape index (κ1) is 8.05. The lowest BCUT2D eigenvalue weighted by Gasteiger charge is -2.34. The monoisotopic (exact) mass is 142 g/mol. The van der Waals surface area contributed by atoms with Gasteiger partial charge in [-0.3, -0.25) is 0 Å². The van der Waals surface area contributed by atoms with Crippen molar-refractivity contribution in [3.05, 3.63) is 0 Å². The van der Waals surface area contributed by atoms with Crippen LogP contribution in [-0.4, -0.2) is 42.6 Å². The molecule has 0 aliphatic carbocycles. The normalized spacial score (nSPS) is 28.5. The van der Waals surface area contributed by atoms with Crippen LogP contribution in [-0.2, 0) is 0 Å². The molecule has 0 bridgehead atoms. The molecule has 10 heavy (non-hydrogen) atoms. The third-order valence-electron chi connectivity index (χ3n) is 2.03. The molecule has 58 valence electrons. The third-order valence-corrected chi connectivity index (χ3v) is 2.03. The number of nitrogens with zero attached hydrogens (tertiary/aromatic N) is 1. The highest BCUT2D eigenvalue weighted by molar-refractivity contribution is 6.45. The minimum Gasteiger partial charge on any atom is -0.437 e. The van der Waals surface area contributed by atoms with E-state index in [1.54, 1.807) is 0 Å². The fourth-order valence-electron chi connectivity index (χ4n) is 1.41. The van der Waals surface area contributed by atoms with Crippen LogP contribution in [0.4, 0.5) is 0 Å². The molecule has 0 aromatic heterocycles. The van der Waals surface area contributed by atoms with Crippen molar-refractivity contribution in [2.24, 2.45) is 0 Å². The number of piperazine rings is 1. The Morgan fingerprint density at radius 3 is 2.80 bits per heavy atom. The maximum absolute atomic E-state index is 9.25. The number of rotatable bonds is 1. The summed E-state index contributed by atoms with van der Waals surface area (Å²) >= 11 is 0. The maximum atomic E-state index is 9.25. The summed E-state index contributed by atoms with van der Waals surface area (Å²) in [5.41, 5.74) is 0. The smallest absolute Gasteiger partial charge is 0.376 e. The molecule has 4 heteroatoms. The maximum Gasteiger partial charge on any atom is 0.376 e. The largest absolute Gasteiger partial charge is 0.437 e. The molecular weight excluding hydrogens is 127 g/mol. The van der Waals surface area contributed by atoms with Crippen LogP contribution in [0.15, 0.2) is 0 Å². The molecule has 1 aliphatic rings. The van der Waals surface area contributed by atoms with E-state index in [-0.39, 0.29) is 7.05 Å². The van der Waals surface area contributed by atoms with Crippen molar-refractivity contribution < 1.29 is 5.02 Å². The quantitative estimate of drug-likeness (QED) is 0.479. The first-order chi connectivity index (χ1) is 4.72. The second-order valence-corrected chi connectivity index (χ2v) is 2.92. The van der Waals surface area contributed by atoms with Crippen molar-refractivity contribution >= 4 is 7.05 Å². The minimum absolute atomic E-state index is 0.294. The van der Waals surface area contributed by atoms with Gasteiger partial charge in [-0.25, -0.2) is 0 Å². The topological polar surface area (TPSA) is 35.5 Å². The van der Waals surface area contributed by atoms with Crippen LogP contribution in [0.3, 0.4) is 0 Å². The van der Waals surface area contributed by atoms with E-state index in [9.17, 15) is 5.02 Å². The highest BCUT2D eigenvalue weighted by Crippen LogP contribution is 2.02. The molecule has 0 aromatic rings. The Hall–Kier alpha value is -0.0551. The number of nitrogens with one attached hydrogen (secondary N) is 1. The first-order valence-corrected chi connectivity index (χ1v) is 3.86. The Morgan fingerprint density at radius 2 is 2.40 bits per heavy atom. The van der Waals surface area contributed by atoms with Crippen molar-refractivity contribution in [2.45, 2.75) is 19.8 Å². The van der Waals surface area contributed by atoms with E-state index >= 15 is 0 Å². The second-order valence-electron chi connectivity index (χ2n) is 2.92. The van der Waals surface area contributed by atoms with Gasteiger partial charge in [0.05, 0.1) is 0 Å². The van der Waals surface area contributed by atoms with Crippen LogP contribution in [0.1, 0.15) is 6.92 Å². The zero-order valence-corrected chi connectivity index (χ0v) is 6.67. The standard InChI is InChI=1S/C6H15BN2O/c1-6-5-8-3-4-9(6)7(2)10/h6,8,10H,3-5H2,1-2H3. The highest BCUT2D eigenvalue weighted by atomic mass is 16.2. The van der Waals surface area contributed by atoms with E-state index in [2.05, 4.69) is 17.1 Å². The predicted molar refractivity (Wildman–Crippen MR) is 42.9 cm³/mol. The van der Waals surface area contributed by atoms with Gasteiger partial charge >= 0.3 is 7.05 Å². The van der Waals surface area contributed by atoms with Gasteiger partial charge in [-0.2, -0.15) is 0 Å². The summed E-state index contributed by atoms with van der Waals surface area (Å²) < 4.78 is 0. The fraction of sp³-hybridized carbons (Fsp3) is 1.00. The van der Waals surface area contributed by atoms with Gasteiger partial charge in [0.2, 0.25) is 0 Å². The molecule has 1 saturated heterocycles. The van der Waals surface area contributed by atoms with Gasteiger partial charge in [0, 0.05) is 25.7 Å². The summed E-state index contributed by atoms with van der Waals surface area (Å²) in [6, 6.07) is 0.466. The molecule has 0 radical (unpaired) electrons. The van der Waals surface area contributed by atoms with Gasteiger partial charge < -0.3 is 15.2 Å². The SMILES string of the molecule is CB(O)N1CCNCC1C. The Balaban J connectivity index is 2.40. The lowest BCUT2D eigenvalue weighted by molar-refractivity contribution is 0.254. The molecule has 1 fully saturated rings. The van der Waals surface area contributed by atoms with Crippen LogP contribution in [0.5, 0.6) is 0 Å². The summed E-state index contributed by atoms with van der Waals surface area (Å²) in [5.74, 6) is 0. The molecule has 1 aliphatic heterocycles. The molecule has 1 unspecified atom stereocenters. The zero-order valence-electron chi connectivity index (χ0n) is 6.67. The summed E-state index contributed by atoms with van der Waals surface area (Å²) in [6.45, 7) is 6.89. The minimum atomic E-state index is -0.294. The molecule has 1 heterocycles. The van der Waals surface area contributed by atoms with Gasteiger partial charge in [0.15, 0.2) is 0 Å². The van der Waals surface area contributed by atoms with Crippen molar-refractivity contribution in [1.82, 2.24) is 10.1 Å². The van der Waals surface area contributed by atoms with Crippen molar-refractivity contribution in [1.29, 1.82) is 0 Å². The lowest BCUT2D eigenvalue weighted by atomic mass is 9.82. The summed E-state index contributed by atoms with van der Waals surface area (Å²) in [6.07, 6.45) is 0. The lowest BCUT2D eigenvalue weighted by Crippen LogP contribution is -2.55. The van der Waals surface area contributed by atoms with E-state index < -0.39 is 0 Å². The Labute approximate surface area is 62.5 Å². The van der Waals surface area contributed by atoms with Crippen LogP contribution in [0.2, 0.25) is 6.82 Å². The van der Waals surface area contributed by atoms with E-state index in [4.69, 9.17) is 0 Å². The van der Waals surface area contributed by atoms with Gasteiger partial charge in [0.1, 0.15) is 0 Å². The first-order valence-electron chi connectivity index (χ1n) is 3.86. The van der Waals surface area contributed by atoms with Crippen LogP contribution in [0.25, 0.3) is 0 Å². The van der Waals surface area contributed by atoms with Gasteiger partial charge in [-0.05, 0) is 13.7 Å². The van der Waals surface area contributed by atoms with E-state index in [0.29, 0.717) is 6.04 Å². The van der Waals surface area contributed by atoms with E-state index in [1.165, 1.54) is 0 Å². The van der Waals surface area contributed by atoms with Gasteiger partial charge in [0.25, 0.3) is 0 Å². The molecule has 0 spiro atoms. The average Bonchev–Trinajstić information content (AvgIpc) is 1.88. The summed E-state index contributed by atoms with van der Waals surface area (Å²) in [7, 11) is -0.294. The molecule has 2 N–H and O–H groups in total. The van der Waals surface area contributed by atoms with Gasteiger partial charge in [-0.1, -0.05) is 0 Å². The zero-order chi connectivity index (χ0) is 7.56. The second kappa shape index (κ2) is 3.37. The van der Waals surface area contributed by atoms with E-state index in [1.807, 2.05) is 6.82 Å². The van der Waals surface area contributed by atoms with Crippen molar-refractivity contribution in [3.8, 4) is 0 Å². The number of hydrogen-bond donors (Lipinski definition) is 2. The van der Waals surface area contributed by atoms with Crippen molar-refractivity contribution in [3.63, 3.8) is 0 Å². The Morgan fingerprint density at radius 1 is 1.70 bits per heavy atom. The molecule has 1 rings (SSSR count). The molecule has 3 nitrogen and oxygen atoms in total. The van der Waals surface area contributed by atoms with E-state index in [0.717, 1.165) is 19.6 Å². The third kappa shape index (κ3) is 1.72. The fourth-order valence-corrected chi connectivity index (χ4v) is 1.41. The Bertz CT molecular complexity index is 110. The molecular formula is C6H15BN2O. The summed E-state index contributed by atoms with van der Waals surface area (Å²) in [5, 5.41) is 12.5. The van der Waals surface area contributed by atoms with Crippen LogP contribution < -0.4 is 5.32 Å². The van der Waals surface area contributed by atoms with Crippen molar-refractivity contribution in [2.75, 3.05) is 19.6 Å². The molecule has 0 saturated carbocycles. The van der Waals surface area contributed by atoms with Crippen LogP contribution >= 0.6 is 0 Å². The summed E-state index contributed by atoms with van der Waals surface area (Å²) in [4.78, 5) is 2.09. The predicted octanol–water partition coefficient (Wildman–Crippen LogP) is -0.610. The van der Waals surface area contributed by atoms with Crippen LogP contribution in [0, 0.1) is 0 Å². The Kier molecular flexibility index (Phi) is 2.71. The molecule has 0 amide bonds. The average molecular weight is 142 g/mol. The highest BCUT2D eigenvalue weighted by Gasteiger charge is 2.23. The van der Waals surface area contributed by atoms with Gasteiger partial charge in [-0.15, -0.1) is 0 Å². The molecule has 0 aromatic carbocycles. The number of hydrogen-bond acceptors (Lipinski definition) is 3.